The fraction of sp³-hybridized carbons (Fsp3) is 0.500. The van der Waals surface area contributed by atoms with Crippen molar-refractivity contribution >= 4 is 29.1 Å². The molecule has 1 saturated carbocycles. The van der Waals surface area contributed by atoms with Gasteiger partial charge in [0.2, 0.25) is 0 Å². The molecular formula is C20H24ClNO4. The Morgan fingerprint density at radius 3 is 2.62 bits per heavy atom. The van der Waals surface area contributed by atoms with E-state index in [0.717, 1.165) is 30.4 Å². The molecular weight excluding hydrogens is 354 g/mol. The van der Waals surface area contributed by atoms with Crippen LogP contribution in [0.25, 0.3) is 5.57 Å². The van der Waals surface area contributed by atoms with Crippen LogP contribution in [0.15, 0.2) is 24.0 Å². The number of rotatable bonds is 4. The summed E-state index contributed by atoms with van der Waals surface area (Å²) in [5.74, 6) is -0.176. The van der Waals surface area contributed by atoms with Crippen LogP contribution in [0.1, 0.15) is 50.7 Å². The standard InChI is InChI=1S/C20H24ClNO4/c1-4-13-11-14(21)5-6-16(13)17-18(26-12(2)23)20(22-19(17)24)9-7-15(25-3)8-10-20/h5-6,11,15H,4,7-10H2,1-3H3,(H,22,24). The van der Waals surface area contributed by atoms with E-state index in [-0.39, 0.29) is 12.0 Å². The molecule has 1 amide bonds. The Bertz CT molecular complexity index is 763. The predicted molar refractivity (Wildman–Crippen MR) is 99.7 cm³/mol. The molecule has 5 nitrogen and oxygen atoms in total. The van der Waals surface area contributed by atoms with Crippen molar-refractivity contribution in [2.45, 2.75) is 57.6 Å². The minimum atomic E-state index is -0.641. The highest BCUT2D eigenvalue weighted by Crippen LogP contribution is 2.44. The molecule has 0 atom stereocenters. The molecule has 1 aliphatic heterocycles. The molecule has 0 saturated heterocycles. The third kappa shape index (κ3) is 3.38. The molecule has 2 aliphatic rings. The molecule has 140 valence electrons. The lowest BCUT2D eigenvalue weighted by Gasteiger charge is -2.37. The van der Waals surface area contributed by atoms with Gasteiger partial charge in [-0.1, -0.05) is 24.6 Å². The van der Waals surface area contributed by atoms with Crippen LogP contribution >= 0.6 is 11.6 Å². The molecule has 3 rings (SSSR count). The SMILES string of the molecule is CCc1cc(Cl)ccc1C1=C(OC(C)=O)C2(CCC(OC)CC2)NC1=O. The van der Waals surface area contributed by atoms with E-state index in [9.17, 15) is 9.59 Å². The number of amides is 1. The van der Waals surface area contributed by atoms with Crippen LogP contribution in [0, 0.1) is 0 Å². The van der Waals surface area contributed by atoms with Crippen LogP contribution in [0.3, 0.4) is 0 Å². The van der Waals surface area contributed by atoms with Crippen LogP contribution in [0.4, 0.5) is 0 Å². The number of aryl methyl sites for hydroxylation is 1. The molecule has 6 heteroatoms. The molecule has 0 radical (unpaired) electrons. The molecule has 0 unspecified atom stereocenters. The topological polar surface area (TPSA) is 64.6 Å². The third-order valence-electron chi connectivity index (χ3n) is 5.32. The van der Waals surface area contributed by atoms with E-state index in [0.29, 0.717) is 29.2 Å². The lowest BCUT2D eigenvalue weighted by atomic mass is 9.79. The van der Waals surface area contributed by atoms with Gasteiger partial charge in [0.25, 0.3) is 5.91 Å². The number of carbonyl (C=O) groups is 2. The van der Waals surface area contributed by atoms with Gasteiger partial charge in [0.05, 0.1) is 17.2 Å². The molecule has 1 spiro atoms. The quantitative estimate of drug-likeness (QED) is 0.814. The van der Waals surface area contributed by atoms with Crippen molar-refractivity contribution < 1.29 is 19.1 Å². The Kier molecular flexibility index (Phi) is 5.39. The first-order valence-electron chi connectivity index (χ1n) is 8.97. The number of carbonyl (C=O) groups excluding carboxylic acids is 2. The maximum Gasteiger partial charge on any atom is 0.307 e. The molecule has 1 aromatic rings. The van der Waals surface area contributed by atoms with Crippen LogP contribution in [-0.2, 0) is 25.5 Å². The summed E-state index contributed by atoms with van der Waals surface area (Å²) in [5.41, 5.74) is 1.54. The number of halogens is 1. The second-order valence-corrected chi connectivity index (χ2v) is 7.36. The lowest BCUT2D eigenvalue weighted by molar-refractivity contribution is -0.138. The van der Waals surface area contributed by atoms with E-state index in [1.54, 1.807) is 13.2 Å². The molecule has 0 bridgehead atoms. The smallest absolute Gasteiger partial charge is 0.307 e. The van der Waals surface area contributed by atoms with Crippen LogP contribution < -0.4 is 5.32 Å². The number of methoxy groups -OCH3 is 1. The molecule has 1 N–H and O–H groups in total. The van der Waals surface area contributed by atoms with Gasteiger partial charge in [-0.05, 0) is 55.4 Å². The van der Waals surface area contributed by atoms with Crippen molar-refractivity contribution in [3.05, 3.63) is 40.1 Å². The van der Waals surface area contributed by atoms with Gasteiger partial charge in [-0.3, -0.25) is 9.59 Å². The van der Waals surface area contributed by atoms with E-state index < -0.39 is 11.5 Å². The Morgan fingerprint density at radius 2 is 2.04 bits per heavy atom. The molecule has 1 aliphatic carbocycles. The second kappa shape index (κ2) is 7.41. The summed E-state index contributed by atoms with van der Waals surface area (Å²) in [6.07, 6.45) is 3.85. The van der Waals surface area contributed by atoms with E-state index in [1.807, 2.05) is 19.1 Å². The van der Waals surface area contributed by atoms with Crippen molar-refractivity contribution in [3.63, 3.8) is 0 Å². The third-order valence-corrected chi connectivity index (χ3v) is 5.56. The molecule has 26 heavy (non-hydrogen) atoms. The van der Waals surface area contributed by atoms with Gasteiger partial charge in [0, 0.05) is 19.1 Å². The highest BCUT2D eigenvalue weighted by molar-refractivity contribution is 6.31. The van der Waals surface area contributed by atoms with Crippen molar-refractivity contribution in [1.29, 1.82) is 0 Å². The Hall–Kier alpha value is -1.85. The van der Waals surface area contributed by atoms with Gasteiger partial charge >= 0.3 is 5.97 Å². The Morgan fingerprint density at radius 1 is 1.35 bits per heavy atom. The maximum atomic E-state index is 12.9. The summed E-state index contributed by atoms with van der Waals surface area (Å²) in [6, 6.07) is 5.45. The van der Waals surface area contributed by atoms with E-state index >= 15 is 0 Å². The average molecular weight is 378 g/mol. The van der Waals surface area contributed by atoms with Gasteiger partial charge in [-0.2, -0.15) is 0 Å². The summed E-state index contributed by atoms with van der Waals surface area (Å²) < 4.78 is 11.1. The van der Waals surface area contributed by atoms with Crippen molar-refractivity contribution in [2.24, 2.45) is 0 Å². The fourth-order valence-electron chi connectivity index (χ4n) is 3.99. The predicted octanol–water partition coefficient (Wildman–Crippen LogP) is 3.63. The summed E-state index contributed by atoms with van der Waals surface area (Å²) >= 11 is 6.12. The highest BCUT2D eigenvalue weighted by atomic mass is 35.5. The monoisotopic (exact) mass is 377 g/mol. The van der Waals surface area contributed by atoms with Gasteiger partial charge in [0.15, 0.2) is 0 Å². The van der Waals surface area contributed by atoms with Crippen molar-refractivity contribution in [2.75, 3.05) is 7.11 Å². The minimum Gasteiger partial charge on any atom is -0.428 e. The first-order chi connectivity index (χ1) is 12.4. The Labute approximate surface area is 158 Å². The molecule has 1 aromatic carbocycles. The number of nitrogens with one attached hydrogen (secondary N) is 1. The number of ether oxygens (including phenoxy) is 2. The lowest BCUT2D eigenvalue weighted by Crippen LogP contribution is -2.49. The van der Waals surface area contributed by atoms with Crippen LogP contribution in [-0.4, -0.2) is 30.6 Å². The number of hydrogen-bond donors (Lipinski definition) is 1. The number of hydrogen-bond acceptors (Lipinski definition) is 4. The van der Waals surface area contributed by atoms with E-state index in [1.165, 1.54) is 6.92 Å². The molecule has 0 aromatic heterocycles. The zero-order chi connectivity index (χ0) is 18.9. The van der Waals surface area contributed by atoms with Gasteiger partial charge < -0.3 is 14.8 Å². The van der Waals surface area contributed by atoms with Gasteiger partial charge in [-0.25, -0.2) is 0 Å². The van der Waals surface area contributed by atoms with Crippen molar-refractivity contribution in [1.82, 2.24) is 5.32 Å². The summed E-state index contributed by atoms with van der Waals surface area (Å²) in [4.78, 5) is 24.7. The largest absolute Gasteiger partial charge is 0.428 e. The van der Waals surface area contributed by atoms with Gasteiger partial charge in [-0.15, -0.1) is 0 Å². The molecule has 1 heterocycles. The van der Waals surface area contributed by atoms with Crippen molar-refractivity contribution in [3.8, 4) is 0 Å². The Balaban J connectivity index is 2.11. The average Bonchev–Trinajstić information content (AvgIpc) is 2.86. The first-order valence-corrected chi connectivity index (χ1v) is 9.35. The van der Waals surface area contributed by atoms with E-state index in [4.69, 9.17) is 21.1 Å². The van der Waals surface area contributed by atoms with Crippen LogP contribution in [0.5, 0.6) is 0 Å². The highest BCUT2D eigenvalue weighted by Gasteiger charge is 2.49. The summed E-state index contributed by atoms with van der Waals surface area (Å²) in [5, 5.41) is 3.72. The maximum absolute atomic E-state index is 12.9. The fourth-order valence-corrected chi connectivity index (χ4v) is 4.18. The normalized spacial score (nSPS) is 25.5. The number of benzene rings is 1. The second-order valence-electron chi connectivity index (χ2n) is 6.92. The summed E-state index contributed by atoms with van der Waals surface area (Å²) in [6.45, 7) is 3.37. The first kappa shape index (κ1) is 18.9. The molecule has 1 fully saturated rings. The van der Waals surface area contributed by atoms with E-state index in [2.05, 4.69) is 5.32 Å². The number of esters is 1. The zero-order valence-corrected chi connectivity index (χ0v) is 16.1. The minimum absolute atomic E-state index is 0.168. The summed E-state index contributed by atoms with van der Waals surface area (Å²) in [7, 11) is 1.70. The van der Waals surface area contributed by atoms with Gasteiger partial charge in [0.1, 0.15) is 5.76 Å². The zero-order valence-electron chi connectivity index (χ0n) is 15.4. The van der Waals surface area contributed by atoms with Crippen LogP contribution in [0.2, 0.25) is 5.02 Å².